The molecule has 1 aromatic heterocycles. The molecule has 0 aliphatic rings. The lowest BCUT2D eigenvalue weighted by molar-refractivity contribution is 0.102. The fourth-order valence-electron chi connectivity index (χ4n) is 1.64. The predicted octanol–water partition coefficient (Wildman–Crippen LogP) is 2.24. The molecular weight excluding hydrogens is 245 g/mol. The van der Waals surface area contributed by atoms with Gasteiger partial charge in [-0.2, -0.15) is 0 Å². The maximum Gasteiger partial charge on any atom is 0.257 e. The first-order valence-corrected chi connectivity index (χ1v) is 5.82. The Morgan fingerprint density at radius 1 is 1.37 bits per heavy atom. The topological polar surface area (TPSA) is 68.0 Å². The van der Waals surface area contributed by atoms with Gasteiger partial charge in [-0.15, -0.1) is 0 Å². The summed E-state index contributed by atoms with van der Waals surface area (Å²) in [5.74, 6) is -0.418. The Morgan fingerprint density at radius 2 is 2.16 bits per heavy atom. The lowest BCUT2D eigenvalue weighted by atomic mass is 10.1. The first-order chi connectivity index (χ1) is 9.10. The van der Waals surface area contributed by atoms with Crippen LogP contribution in [0.4, 0.5) is 10.2 Å². The maximum atomic E-state index is 13.1. The van der Waals surface area contributed by atoms with Crippen molar-refractivity contribution < 1.29 is 9.18 Å². The van der Waals surface area contributed by atoms with Crippen LogP contribution in [0.3, 0.4) is 0 Å². The van der Waals surface area contributed by atoms with Crippen LogP contribution in [-0.4, -0.2) is 10.9 Å². The Bertz CT molecular complexity index is 596. The molecule has 1 amide bonds. The van der Waals surface area contributed by atoms with Gasteiger partial charge in [-0.3, -0.25) is 4.79 Å². The smallest absolute Gasteiger partial charge is 0.257 e. The molecule has 0 saturated carbocycles. The van der Waals surface area contributed by atoms with Crippen molar-refractivity contribution in [3.8, 4) is 0 Å². The summed E-state index contributed by atoms with van der Waals surface area (Å²) >= 11 is 0. The highest BCUT2D eigenvalue weighted by Crippen LogP contribution is 2.13. The Hall–Kier alpha value is -2.27. The second kappa shape index (κ2) is 5.58. The molecule has 0 unspecified atom stereocenters. The monoisotopic (exact) mass is 259 g/mol. The molecule has 0 fully saturated rings. The van der Waals surface area contributed by atoms with Gasteiger partial charge in [0.2, 0.25) is 0 Å². The number of nitrogens with two attached hydrogens (primary N) is 1. The van der Waals surface area contributed by atoms with Crippen molar-refractivity contribution >= 4 is 11.7 Å². The number of hydrogen-bond acceptors (Lipinski definition) is 3. The highest BCUT2D eigenvalue weighted by molar-refractivity contribution is 6.04. The summed E-state index contributed by atoms with van der Waals surface area (Å²) in [5.41, 5.74) is 7.34. The van der Waals surface area contributed by atoms with Crippen LogP contribution in [0.15, 0.2) is 36.5 Å². The van der Waals surface area contributed by atoms with Gasteiger partial charge in [-0.25, -0.2) is 9.37 Å². The second-order valence-electron chi connectivity index (χ2n) is 4.17. The van der Waals surface area contributed by atoms with Crippen molar-refractivity contribution in [1.29, 1.82) is 0 Å². The van der Waals surface area contributed by atoms with Crippen molar-refractivity contribution in [3.05, 3.63) is 59.0 Å². The molecule has 5 heteroatoms. The quantitative estimate of drug-likeness (QED) is 0.888. The van der Waals surface area contributed by atoms with E-state index in [0.717, 1.165) is 5.56 Å². The lowest BCUT2D eigenvalue weighted by Crippen LogP contribution is -2.14. The number of nitrogens with zero attached hydrogens (tertiary/aromatic N) is 1. The number of carbonyl (C=O) groups is 1. The average molecular weight is 259 g/mol. The number of nitrogens with one attached hydrogen (secondary N) is 1. The van der Waals surface area contributed by atoms with Gasteiger partial charge in [0.25, 0.3) is 5.91 Å². The van der Waals surface area contributed by atoms with E-state index in [1.165, 1.54) is 12.1 Å². The van der Waals surface area contributed by atoms with Gasteiger partial charge in [0, 0.05) is 18.3 Å². The maximum absolute atomic E-state index is 13.1. The molecule has 0 saturated heterocycles. The third-order valence-corrected chi connectivity index (χ3v) is 2.75. The zero-order chi connectivity index (χ0) is 13.8. The van der Waals surface area contributed by atoms with E-state index in [0.29, 0.717) is 23.5 Å². The van der Waals surface area contributed by atoms with Crippen LogP contribution in [0.5, 0.6) is 0 Å². The van der Waals surface area contributed by atoms with E-state index in [-0.39, 0.29) is 5.91 Å². The number of amides is 1. The van der Waals surface area contributed by atoms with Crippen LogP contribution in [0.1, 0.15) is 21.5 Å². The van der Waals surface area contributed by atoms with Crippen molar-refractivity contribution in [2.45, 2.75) is 13.5 Å². The Balaban J connectivity index is 2.18. The van der Waals surface area contributed by atoms with Gasteiger partial charge in [0.1, 0.15) is 11.6 Å². The Morgan fingerprint density at radius 3 is 2.79 bits per heavy atom. The van der Waals surface area contributed by atoms with E-state index in [1.807, 2.05) is 0 Å². The Labute approximate surface area is 110 Å². The van der Waals surface area contributed by atoms with E-state index in [9.17, 15) is 9.18 Å². The molecule has 2 rings (SSSR count). The lowest BCUT2D eigenvalue weighted by Gasteiger charge is -2.07. The first-order valence-electron chi connectivity index (χ1n) is 5.82. The van der Waals surface area contributed by atoms with Crippen LogP contribution in [0, 0.1) is 12.7 Å². The molecule has 1 aromatic carbocycles. The van der Waals surface area contributed by atoms with E-state index < -0.39 is 5.82 Å². The fourth-order valence-corrected chi connectivity index (χ4v) is 1.64. The van der Waals surface area contributed by atoms with E-state index in [2.05, 4.69) is 10.3 Å². The van der Waals surface area contributed by atoms with Crippen LogP contribution in [0.2, 0.25) is 0 Å². The van der Waals surface area contributed by atoms with E-state index >= 15 is 0 Å². The van der Waals surface area contributed by atoms with Crippen LogP contribution in [-0.2, 0) is 6.54 Å². The first kappa shape index (κ1) is 13.2. The Kier molecular flexibility index (Phi) is 3.87. The number of anilines is 1. The van der Waals surface area contributed by atoms with Crippen molar-refractivity contribution in [2.24, 2.45) is 5.73 Å². The molecule has 0 atom stereocenters. The van der Waals surface area contributed by atoms with Crippen molar-refractivity contribution in [1.82, 2.24) is 4.98 Å². The summed E-state index contributed by atoms with van der Waals surface area (Å²) in [5, 5.41) is 2.62. The van der Waals surface area contributed by atoms with Gasteiger partial charge >= 0.3 is 0 Å². The summed E-state index contributed by atoms with van der Waals surface area (Å²) in [6, 6.07) is 7.53. The molecule has 1 heterocycles. The summed E-state index contributed by atoms with van der Waals surface area (Å²) < 4.78 is 13.1. The van der Waals surface area contributed by atoms with Gasteiger partial charge in [0.05, 0.1) is 0 Å². The van der Waals surface area contributed by atoms with E-state index in [1.54, 1.807) is 31.3 Å². The largest absolute Gasteiger partial charge is 0.326 e. The molecule has 0 bridgehead atoms. The molecule has 0 aliphatic heterocycles. The highest BCUT2D eigenvalue weighted by atomic mass is 19.1. The van der Waals surface area contributed by atoms with Gasteiger partial charge in [-0.1, -0.05) is 12.1 Å². The minimum atomic E-state index is -0.442. The molecule has 19 heavy (non-hydrogen) atoms. The number of halogens is 1. The van der Waals surface area contributed by atoms with Crippen LogP contribution < -0.4 is 11.1 Å². The number of hydrogen-bond donors (Lipinski definition) is 2. The normalized spacial score (nSPS) is 10.3. The number of benzene rings is 1. The SMILES string of the molecule is Cc1ccc(F)cc1C(=O)Nc1ccc(CN)cn1. The highest BCUT2D eigenvalue weighted by Gasteiger charge is 2.10. The van der Waals surface area contributed by atoms with E-state index in [4.69, 9.17) is 5.73 Å². The van der Waals surface area contributed by atoms with Gasteiger partial charge < -0.3 is 11.1 Å². The fraction of sp³-hybridized carbons (Fsp3) is 0.143. The number of pyridine rings is 1. The van der Waals surface area contributed by atoms with Crippen molar-refractivity contribution in [2.75, 3.05) is 5.32 Å². The number of aromatic nitrogens is 1. The molecular formula is C14H14FN3O. The third-order valence-electron chi connectivity index (χ3n) is 2.75. The van der Waals surface area contributed by atoms with Crippen LogP contribution >= 0.6 is 0 Å². The number of rotatable bonds is 3. The summed E-state index contributed by atoms with van der Waals surface area (Å²) in [4.78, 5) is 16.1. The summed E-state index contributed by atoms with van der Waals surface area (Å²) in [6.07, 6.45) is 1.59. The van der Waals surface area contributed by atoms with Gasteiger partial charge in [0.15, 0.2) is 0 Å². The third kappa shape index (κ3) is 3.14. The summed E-state index contributed by atoms with van der Waals surface area (Å²) in [7, 11) is 0. The molecule has 0 radical (unpaired) electrons. The molecule has 2 aromatic rings. The van der Waals surface area contributed by atoms with Crippen molar-refractivity contribution in [3.63, 3.8) is 0 Å². The minimum absolute atomic E-state index is 0.296. The standard InChI is InChI=1S/C14H14FN3O/c1-9-2-4-11(15)6-12(9)14(19)18-13-5-3-10(7-16)8-17-13/h2-6,8H,7,16H2,1H3,(H,17,18,19). The minimum Gasteiger partial charge on any atom is -0.326 e. The molecule has 4 nitrogen and oxygen atoms in total. The molecule has 98 valence electrons. The predicted molar refractivity (Wildman–Crippen MR) is 71.2 cm³/mol. The molecule has 3 N–H and O–H groups in total. The van der Waals surface area contributed by atoms with Gasteiger partial charge in [-0.05, 0) is 36.2 Å². The zero-order valence-corrected chi connectivity index (χ0v) is 10.5. The average Bonchev–Trinajstić information content (AvgIpc) is 2.42. The second-order valence-corrected chi connectivity index (χ2v) is 4.17. The number of carbonyl (C=O) groups excluding carboxylic acids is 1. The summed E-state index contributed by atoms with van der Waals surface area (Å²) in [6.45, 7) is 2.14. The van der Waals surface area contributed by atoms with Crippen LogP contribution in [0.25, 0.3) is 0 Å². The molecule has 0 aliphatic carbocycles. The zero-order valence-electron chi connectivity index (χ0n) is 10.5. The number of aryl methyl sites for hydroxylation is 1. The molecule has 0 spiro atoms.